The summed E-state index contributed by atoms with van der Waals surface area (Å²) in [5.41, 5.74) is 1.16. The van der Waals surface area contributed by atoms with Crippen molar-refractivity contribution < 1.29 is 0 Å². The van der Waals surface area contributed by atoms with E-state index in [1.165, 1.54) is 0 Å². The third-order valence-electron chi connectivity index (χ3n) is 1.65. The molecule has 1 rings (SSSR count). The van der Waals surface area contributed by atoms with E-state index in [2.05, 4.69) is 37.7 Å². The van der Waals surface area contributed by atoms with Gasteiger partial charge in [-0.25, -0.2) is 0 Å². The highest BCUT2D eigenvalue weighted by Gasteiger charge is 2.09. The second kappa shape index (κ2) is 2.84. The molecule has 0 aliphatic heterocycles. The zero-order chi connectivity index (χ0) is 7.56. The fraction of sp³-hybridized carbons (Fsp3) is 0.333. The van der Waals surface area contributed by atoms with Crippen molar-refractivity contribution in [2.75, 3.05) is 14.1 Å². The summed E-state index contributed by atoms with van der Waals surface area (Å²) < 4.78 is 0. The largest absolute Gasteiger partial charge is 0.299 e. The molecule has 0 heterocycles. The second-order valence-corrected chi connectivity index (χ2v) is 2.73. The Morgan fingerprint density at radius 3 is 2.50 bits per heavy atom. The second-order valence-electron chi connectivity index (χ2n) is 2.73. The van der Waals surface area contributed by atoms with Crippen LogP contribution in [0.15, 0.2) is 36.5 Å². The molecule has 0 bridgehead atoms. The normalized spacial score (nSPS) is 24.3. The highest BCUT2D eigenvalue weighted by atomic mass is 15.1. The van der Waals surface area contributed by atoms with Crippen LogP contribution >= 0.6 is 0 Å². The van der Waals surface area contributed by atoms with Crippen LogP contribution in [0.4, 0.5) is 0 Å². The van der Waals surface area contributed by atoms with Crippen LogP contribution in [-0.2, 0) is 0 Å². The van der Waals surface area contributed by atoms with E-state index in [-0.39, 0.29) is 0 Å². The SMILES string of the molecule is C=C1C=CC=CC1N(C)C. The molecular weight excluding hydrogens is 122 g/mol. The number of hydrogen-bond acceptors (Lipinski definition) is 1. The van der Waals surface area contributed by atoms with Crippen LogP contribution in [0.2, 0.25) is 0 Å². The Labute approximate surface area is 62.3 Å². The van der Waals surface area contributed by atoms with Crippen LogP contribution in [0.1, 0.15) is 0 Å². The summed E-state index contributed by atoms with van der Waals surface area (Å²) in [6, 6.07) is 0.394. The van der Waals surface area contributed by atoms with Crippen LogP contribution in [0.25, 0.3) is 0 Å². The molecule has 0 saturated heterocycles. The maximum Gasteiger partial charge on any atom is 0.0523 e. The van der Waals surface area contributed by atoms with Crippen molar-refractivity contribution in [2.24, 2.45) is 0 Å². The van der Waals surface area contributed by atoms with E-state index in [0.29, 0.717) is 6.04 Å². The van der Waals surface area contributed by atoms with Gasteiger partial charge < -0.3 is 0 Å². The highest BCUT2D eigenvalue weighted by Crippen LogP contribution is 2.12. The quantitative estimate of drug-likeness (QED) is 0.528. The molecule has 1 aliphatic carbocycles. The minimum atomic E-state index is 0.394. The van der Waals surface area contributed by atoms with E-state index >= 15 is 0 Å². The Bertz CT molecular complexity index is 187. The zero-order valence-corrected chi connectivity index (χ0v) is 6.54. The summed E-state index contributed by atoms with van der Waals surface area (Å²) >= 11 is 0. The zero-order valence-electron chi connectivity index (χ0n) is 6.54. The van der Waals surface area contributed by atoms with Gasteiger partial charge in [0.05, 0.1) is 6.04 Å². The standard InChI is InChI=1S/C9H13N/c1-8-6-4-5-7-9(8)10(2)3/h4-7,9H,1H2,2-3H3. The fourth-order valence-corrected chi connectivity index (χ4v) is 1.07. The molecule has 1 unspecified atom stereocenters. The van der Waals surface area contributed by atoms with Gasteiger partial charge in [0.2, 0.25) is 0 Å². The van der Waals surface area contributed by atoms with E-state index in [1.54, 1.807) is 0 Å². The molecule has 0 N–H and O–H groups in total. The molecule has 0 amide bonds. The Hall–Kier alpha value is -0.820. The van der Waals surface area contributed by atoms with Crippen molar-refractivity contribution >= 4 is 0 Å². The van der Waals surface area contributed by atoms with E-state index in [9.17, 15) is 0 Å². The van der Waals surface area contributed by atoms with Gasteiger partial charge in [-0.3, -0.25) is 4.90 Å². The number of likely N-dealkylation sites (N-methyl/N-ethyl adjacent to an activating group) is 1. The molecule has 0 radical (unpaired) electrons. The molecule has 0 aromatic heterocycles. The number of rotatable bonds is 1. The van der Waals surface area contributed by atoms with Crippen molar-refractivity contribution in [3.05, 3.63) is 36.5 Å². The first kappa shape index (κ1) is 7.29. The lowest BCUT2D eigenvalue weighted by molar-refractivity contribution is 0.382. The van der Waals surface area contributed by atoms with Gasteiger partial charge in [-0.15, -0.1) is 0 Å². The highest BCUT2D eigenvalue weighted by molar-refractivity contribution is 5.33. The smallest absolute Gasteiger partial charge is 0.0523 e. The predicted molar refractivity (Wildman–Crippen MR) is 44.9 cm³/mol. The molecular formula is C9H13N. The molecule has 0 aromatic carbocycles. The van der Waals surface area contributed by atoms with Gasteiger partial charge in [-0.1, -0.05) is 30.9 Å². The van der Waals surface area contributed by atoms with Crippen LogP contribution in [0.5, 0.6) is 0 Å². The minimum absolute atomic E-state index is 0.394. The van der Waals surface area contributed by atoms with Crippen molar-refractivity contribution in [1.29, 1.82) is 0 Å². The van der Waals surface area contributed by atoms with Gasteiger partial charge >= 0.3 is 0 Å². The minimum Gasteiger partial charge on any atom is -0.299 e. The molecule has 10 heavy (non-hydrogen) atoms. The van der Waals surface area contributed by atoms with Gasteiger partial charge in [0.25, 0.3) is 0 Å². The molecule has 1 aliphatic rings. The van der Waals surface area contributed by atoms with Crippen molar-refractivity contribution in [3.63, 3.8) is 0 Å². The summed E-state index contributed by atoms with van der Waals surface area (Å²) in [6.07, 6.45) is 8.26. The van der Waals surface area contributed by atoms with E-state index < -0.39 is 0 Å². The average molecular weight is 135 g/mol. The van der Waals surface area contributed by atoms with Crippen LogP contribution < -0.4 is 0 Å². The Balaban J connectivity index is 2.70. The summed E-state index contributed by atoms with van der Waals surface area (Å²) in [5.74, 6) is 0. The average Bonchev–Trinajstić information content (AvgIpc) is 1.88. The van der Waals surface area contributed by atoms with Gasteiger partial charge in [0.15, 0.2) is 0 Å². The molecule has 0 spiro atoms. The van der Waals surface area contributed by atoms with Gasteiger partial charge in [0.1, 0.15) is 0 Å². The summed E-state index contributed by atoms with van der Waals surface area (Å²) in [7, 11) is 4.11. The van der Waals surface area contributed by atoms with Crippen molar-refractivity contribution in [2.45, 2.75) is 6.04 Å². The lowest BCUT2D eigenvalue weighted by Crippen LogP contribution is -2.27. The molecule has 0 saturated carbocycles. The Kier molecular flexibility index (Phi) is 2.07. The van der Waals surface area contributed by atoms with Gasteiger partial charge in [0, 0.05) is 0 Å². The van der Waals surface area contributed by atoms with E-state index in [4.69, 9.17) is 0 Å². The fourth-order valence-electron chi connectivity index (χ4n) is 1.07. The first-order valence-electron chi connectivity index (χ1n) is 3.42. The molecule has 1 nitrogen and oxygen atoms in total. The van der Waals surface area contributed by atoms with Crippen LogP contribution in [-0.4, -0.2) is 25.0 Å². The van der Waals surface area contributed by atoms with E-state index in [1.807, 2.05) is 12.2 Å². The molecule has 0 fully saturated rings. The maximum atomic E-state index is 3.94. The van der Waals surface area contributed by atoms with Crippen LogP contribution in [0.3, 0.4) is 0 Å². The molecule has 0 aromatic rings. The number of nitrogens with zero attached hydrogens (tertiary/aromatic N) is 1. The first-order chi connectivity index (χ1) is 4.72. The third-order valence-corrected chi connectivity index (χ3v) is 1.65. The lowest BCUT2D eigenvalue weighted by Gasteiger charge is -2.22. The topological polar surface area (TPSA) is 3.24 Å². The molecule has 54 valence electrons. The monoisotopic (exact) mass is 135 g/mol. The summed E-state index contributed by atoms with van der Waals surface area (Å²) in [5, 5.41) is 0. The maximum absolute atomic E-state index is 3.94. The molecule has 1 atom stereocenters. The Morgan fingerprint density at radius 2 is 2.10 bits per heavy atom. The Morgan fingerprint density at radius 1 is 1.40 bits per heavy atom. The first-order valence-corrected chi connectivity index (χ1v) is 3.42. The summed E-state index contributed by atoms with van der Waals surface area (Å²) in [4.78, 5) is 2.14. The third kappa shape index (κ3) is 1.36. The predicted octanol–water partition coefficient (Wildman–Crippen LogP) is 1.60. The summed E-state index contributed by atoms with van der Waals surface area (Å²) in [6.45, 7) is 3.94. The molecule has 1 heteroatoms. The number of hydrogen-bond donors (Lipinski definition) is 0. The lowest BCUT2D eigenvalue weighted by atomic mass is 10.0. The number of allylic oxidation sites excluding steroid dienone is 2. The van der Waals surface area contributed by atoms with Crippen molar-refractivity contribution in [1.82, 2.24) is 4.90 Å². The van der Waals surface area contributed by atoms with Crippen molar-refractivity contribution in [3.8, 4) is 0 Å². The van der Waals surface area contributed by atoms with Crippen LogP contribution in [0, 0.1) is 0 Å². The van der Waals surface area contributed by atoms with E-state index in [0.717, 1.165) is 5.57 Å². The van der Waals surface area contributed by atoms with Gasteiger partial charge in [-0.2, -0.15) is 0 Å². The van der Waals surface area contributed by atoms with Gasteiger partial charge in [-0.05, 0) is 19.7 Å².